The van der Waals surface area contributed by atoms with Crippen LogP contribution in [-0.4, -0.2) is 25.1 Å². The summed E-state index contributed by atoms with van der Waals surface area (Å²) in [5, 5.41) is 0. The third kappa shape index (κ3) is 3.56. The molecule has 148 valence electrons. The first-order chi connectivity index (χ1) is 14.0. The summed E-state index contributed by atoms with van der Waals surface area (Å²) < 4.78 is 10.9. The van der Waals surface area contributed by atoms with E-state index in [1.54, 1.807) is 11.0 Å². The molecule has 1 atom stereocenters. The Bertz CT molecular complexity index is 999. The van der Waals surface area contributed by atoms with Crippen molar-refractivity contribution >= 4 is 17.6 Å². The summed E-state index contributed by atoms with van der Waals surface area (Å²) in [5.74, 6) is 0.0156. The maximum atomic E-state index is 13.1. The van der Waals surface area contributed by atoms with Crippen LogP contribution in [0.3, 0.4) is 0 Å². The molecular formula is C24H23NO4. The lowest BCUT2D eigenvalue weighted by Crippen LogP contribution is -2.37. The average molecular weight is 389 g/mol. The summed E-state index contributed by atoms with van der Waals surface area (Å²) in [6.45, 7) is 8.17. The highest BCUT2D eigenvalue weighted by molar-refractivity contribution is 6.06. The van der Waals surface area contributed by atoms with Gasteiger partial charge in [0.1, 0.15) is 19.0 Å². The number of ether oxygens (including phenoxy) is 2. The SMILES string of the molecule is C=CCOc1ccc([C@H]2CC(=O)N(c3cc(C)cc(C)c3)C3=C2C(=O)OC3)cc1. The number of aryl methyl sites for hydroxylation is 2. The second kappa shape index (κ2) is 7.59. The maximum absolute atomic E-state index is 13.1. The quantitative estimate of drug-likeness (QED) is 0.568. The van der Waals surface area contributed by atoms with E-state index in [1.165, 1.54) is 0 Å². The van der Waals surface area contributed by atoms with Crippen molar-refractivity contribution in [2.75, 3.05) is 18.1 Å². The molecule has 0 radical (unpaired) electrons. The molecule has 2 aromatic carbocycles. The molecule has 5 heteroatoms. The molecule has 0 bridgehead atoms. The zero-order valence-corrected chi connectivity index (χ0v) is 16.6. The molecule has 29 heavy (non-hydrogen) atoms. The van der Waals surface area contributed by atoms with Crippen LogP contribution in [0.5, 0.6) is 5.75 Å². The van der Waals surface area contributed by atoms with Gasteiger partial charge >= 0.3 is 5.97 Å². The van der Waals surface area contributed by atoms with Gasteiger partial charge in [0.25, 0.3) is 0 Å². The van der Waals surface area contributed by atoms with Crippen molar-refractivity contribution in [3.8, 4) is 5.75 Å². The number of carbonyl (C=O) groups is 2. The highest BCUT2D eigenvalue weighted by Crippen LogP contribution is 2.42. The lowest BCUT2D eigenvalue weighted by atomic mass is 9.84. The Morgan fingerprint density at radius 2 is 1.83 bits per heavy atom. The smallest absolute Gasteiger partial charge is 0.336 e. The predicted octanol–water partition coefficient (Wildman–Crippen LogP) is 4.20. The first-order valence-electron chi connectivity index (χ1n) is 9.63. The second-order valence-corrected chi connectivity index (χ2v) is 7.44. The van der Waals surface area contributed by atoms with Crippen molar-refractivity contribution in [1.29, 1.82) is 0 Å². The Kier molecular flexibility index (Phi) is 4.97. The van der Waals surface area contributed by atoms with Crippen LogP contribution in [0.1, 0.15) is 29.0 Å². The van der Waals surface area contributed by atoms with Crippen LogP contribution < -0.4 is 9.64 Å². The monoisotopic (exact) mass is 389 g/mol. The molecule has 0 fully saturated rings. The molecule has 2 heterocycles. The molecule has 2 aliphatic rings. The number of hydrogen-bond donors (Lipinski definition) is 0. The molecule has 2 aliphatic heterocycles. The van der Waals surface area contributed by atoms with Crippen molar-refractivity contribution in [3.63, 3.8) is 0 Å². The van der Waals surface area contributed by atoms with Crippen molar-refractivity contribution in [1.82, 2.24) is 0 Å². The third-order valence-electron chi connectivity index (χ3n) is 5.23. The van der Waals surface area contributed by atoms with Crippen LogP contribution in [0.25, 0.3) is 0 Å². The van der Waals surface area contributed by atoms with Gasteiger partial charge in [0.15, 0.2) is 0 Å². The standard InChI is InChI=1S/C24H23NO4/c1-4-9-28-19-7-5-17(6-8-19)20-13-22(26)25(21-14-29-24(27)23(20)21)18-11-15(2)10-16(3)12-18/h4-8,10-12,20H,1,9,13-14H2,2-3H3/t20-/m1/s1. The lowest BCUT2D eigenvalue weighted by Gasteiger charge is -2.32. The molecule has 5 nitrogen and oxygen atoms in total. The Morgan fingerprint density at radius 3 is 2.48 bits per heavy atom. The van der Waals surface area contributed by atoms with Crippen molar-refractivity contribution < 1.29 is 19.1 Å². The third-order valence-corrected chi connectivity index (χ3v) is 5.23. The molecule has 1 amide bonds. The second-order valence-electron chi connectivity index (χ2n) is 7.44. The van der Waals surface area contributed by atoms with Gasteiger partial charge in [-0.05, 0) is 54.8 Å². The van der Waals surface area contributed by atoms with Crippen molar-refractivity contribution in [2.45, 2.75) is 26.2 Å². The van der Waals surface area contributed by atoms with Crippen LogP contribution in [-0.2, 0) is 14.3 Å². The normalized spacial score (nSPS) is 18.6. The van der Waals surface area contributed by atoms with Gasteiger partial charge in [0, 0.05) is 18.0 Å². The maximum Gasteiger partial charge on any atom is 0.336 e. The van der Waals surface area contributed by atoms with Crippen molar-refractivity contribution in [3.05, 3.63) is 83.1 Å². The molecule has 0 spiro atoms. The summed E-state index contributed by atoms with van der Waals surface area (Å²) in [4.78, 5) is 27.4. The van der Waals surface area contributed by atoms with Crippen LogP contribution >= 0.6 is 0 Å². The summed E-state index contributed by atoms with van der Waals surface area (Å²) in [7, 11) is 0. The van der Waals surface area contributed by atoms with E-state index in [9.17, 15) is 9.59 Å². The minimum Gasteiger partial charge on any atom is -0.490 e. The molecule has 0 aliphatic carbocycles. The van der Waals surface area contributed by atoms with Gasteiger partial charge in [-0.2, -0.15) is 0 Å². The number of esters is 1. The fourth-order valence-corrected chi connectivity index (χ4v) is 4.07. The first-order valence-corrected chi connectivity index (χ1v) is 9.63. The summed E-state index contributed by atoms with van der Waals surface area (Å²) in [6.07, 6.45) is 1.90. The van der Waals surface area contributed by atoms with E-state index in [-0.39, 0.29) is 30.8 Å². The molecule has 0 N–H and O–H groups in total. The van der Waals surface area contributed by atoms with Crippen LogP contribution in [0.4, 0.5) is 5.69 Å². The van der Waals surface area contributed by atoms with E-state index in [4.69, 9.17) is 9.47 Å². The number of benzene rings is 2. The molecule has 0 aromatic heterocycles. The highest BCUT2D eigenvalue weighted by Gasteiger charge is 2.43. The zero-order chi connectivity index (χ0) is 20.5. The van der Waals surface area contributed by atoms with Crippen LogP contribution in [0, 0.1) is 13.8 Å². The number of carbonyl (C=O) groups excluding carboxylic acids is 2. The van der Waals surface area contributed by atoms with Crippen LogP contribution in [0.15, 0.2) is 66.4 Å². The largest absolute Gasteiger partial charge is 0.490 e. The predicted molar refractivity (Wildman–Crippen MR) is 111 cm³/mol. The van der Waals surface area contributed by atoms with Gasteiger partial charge in [0.05, 0.1) is 11.3 Å². The average Bonchev–Trinajstić information content (AvgIpc) is 3.06. The van der Waals surface area contributed by atoms with Gasteiger partial charge in [0.2, 0.25) is 5.91 Å². The fourth-order valence-electron chi connectivity index (χ4n) is 4.07. The number of anilines is 1. The minimum atomic E-state index is -0.348. The van der Waals surface area contributed by atoms with E-state index < -0.39 is 0 Å². The Hall–Kier alpha value is -3.34. The van der Waals surface area contributed by atoms with E-state index in [1.807, 2.05) is 50.2 Å². The molecular weight excluding hydrogens is 366 g/mol. The number of nitrogens with zero attached hydrogens (tertiary/aromatic N) is 1. The summed E-state index contributed by atoms with van der Waals surface area (Å²) in [5.41, 5.74) is 5.03. The highest BCUT2D eigenvalue weighted by atomic mass is 16.5. The van der Waals surface area contributed by atoms with Gasteiger partial charge in [-0.3, -0.25) is 9.69 Å². The number of cyclic esters (lactones) is 1. The van der Waals surface area contributed by atoms with Gasteiger partial charge in [-0.1, -0.05) is 30.9 Å². The van der Waals surface area contributed by atoms with E-state index in [0.717, 1.165) is 28.1 Å². The molecule has 4 rings (SSSR count). The number of hydrogen-bond acceptors (Lipinski definition) is 4. The Morgan fingerprint density at radius 1 is 1.14 bits per heavy atom. The zero-order valence-electron chi connectivity index (χ0n) is 16.6. The molecule has 0 saturated heterocycles. The summed E-state index contributed by atoms with van der Waals surface area (Å²) >= 11 is 0. The number of rotatable bonds is 5. The molecule has 0 saturated carbocycles. The summed E-state index contributed by atoms with van der Waals surface area (Å²) in [6, 6.07) is 13.5. The fraction of sp³-hybridized carbons (Fsp3) is 0.250. The van der Waals surface area contributed by atoms with Crippen LogP contribution in [0.2, 0.25) is 0 Å². The van der Waals surface area contributed by atoms with Gasteiger partial charge < -0.3 is 9.47 Å². The Balaban J connectivity index is 1.73. The topological polar surface area (TPSA) is 55.8 Å². The van der Waals surface area contributed by atoms with E-state index in [2.05, 4.69) is 12.6 Å². The van der Waals surface area contributed by atoms with E-state index >= 15 is 0 Å². The van der Waals surface area contributed by atoms with Gasteiger partial charge in [-0.15, -0.1) is 0 Å². The molecule has 0 unspecified atom stereocenters. The van der Waals surface area contributed by atoms with Gasteiger partial charge in [-0.25, -0.2) is 4.79 Å². The Labute approximate surface area is 170 Å². The van der Waals surface area contributed by atoms with E-state index in [0.29, 0.717) is 17.9 Å². The van der Waals surface area contributed by atoms with Crippen molar-refractivity contribution in [2.24, 2.45) is 0 Å². The lowest BCUT2D eigenvalue weighted by molar-refractivity contribution is -0.136. The first kappa shape index (κ1) is 19.0. The minimum absolute atomic E-state index is 0.0379. The number of amides is 1. The molecule has 2 aromatic rings.